The van der Waals surface area contributed by atoms with Crippen LogP contribution in [0.2, 0.25) is 0 Å². The maximum absolute atomic E-state index is 12.4. The van der Waals surface area contributed by atoms with Gasteiger partial charge in [0.05, 0.1) is 9.79 Å². The zero-order valence-corrected chi connectivity index (χ0v) is 11.5. The van der Waals surface area contributed by atoms with Gasteiger partial charge in [-0.2, -0.15) is 13.2 Å². The van der Waals surface area contributed by atoms with E-state index in [0.29, 0.717) is 12.3 Å². The number of carbonyl (C=O) groups is 1. The molecule has 0 spiro atoms. The molecule has 0 radical (unpaired) electrons. The summed E-state index contributed by atoms with van der Waals surface area (Å²) < 4.78 is 61.6. The van der Waals surface area contributed by atoms with E-state index >= 15 is 0 Å². The summed E-state index contributed by atoms with van der Waals surface area (Å²) in [5.74, 6) is -0.833. The van der Waals surface area contributed by atoms with Crippen LogP contribution in [0, 0.1) is 0 Å². The molecule has 2 rings (SSSR count). The number of carbonyl (C=O) groups excluding carboxylic acids is 1. The first-order valence-corrected chi connectivity index (χ1v) is 7.15. The molecule has 2 heterocycles. The summed E-state index contributed by atoms with van der Waals surface area (Å²) in [5.41, 5.74) is 3.64. The van der Waals surface area contributed by atoms with E-state index < -0.39 is 32.5 Å². The molecule has 116 valence electrons. The van der Waals surface area contributed by atoms with E-state index in [0.717, 1.165) is 24.4 Å². The number of hydrogen-bond acceptors (Lipinski definition) is 5. The molecule has 22 heavy (non-hydrogen) atoms. The highest BCUT2D eigenvalue weighted by atomic mass is 32.2. The third kappa shape index (κ3) is 3.06. The van der Waals surface area contributed by atoms with E-state index in [4.69, 9.17) is 5.73 Å². The summed E-state index contributed by atoms with van der Waals surface area (Å²) >= 11 is 0. The molecule has 0 unspecified atom stereocenters. The van der Waals surface area contributed by atoms with Crippen LogP contribution in [0.4, 0.5) is 13.2 Å². The van der Waals surface area contributed by atoms with Gasteiger partial charge in [-0.15, -0.1) is 0 Å². The van der Waals surface area contributed by atoms with Crippen LogP contribution >= 0.6 is 0 Å². The number of aromatic nitrogens is 2. The first-order valence-electron chi connectivity index (χ1n) is 5.66. The van der Waals surface area contributed by atoms with Crippen molar-refractivity contribution in [2.75, 3.05) is 0 Å². The van der Waals surface area contributed by atoms with Gasteiger partial charge < -0.3 is 5.73 Å². The molecule has 2 aromatic rings. The topological polar surface area (TPSA) is 103 Å². The first kappa shape index (κ1) is 15.9. The van der Waals surface area contributed by atoms with Crippen molar-refractivity contribution < 1.29 is 26.4 Å². The van der Waals surface area contributed by atoms with Crippen LogP contribution in [-0.2, 0) is 16.0 Å². The highest BCUT2D eigenvalue weighted by molar-refractivity contribution is 7.91. The number of amides is 1. The Labute approximate surface area is 122 Å². The molecule has 0 aliphatic rings. The predicted molar refractivity (Wildman–Crippen MR) is 67.4 cm³/mol. The third-order valence-corrected chi connectivity index (χ3v) is 4.36. The second kappa shape index (κ2) is 5.37. The standard InChI is InChI=1S/C12H8F3N3O3S/c13-12(14,15)10-4-2-8(6-18-10)22(20,21)7-1-3-9(11(16)19)17-5-7/h1-6H,(H2,16,19). The van der Waals surface area contributed by atoms with E-state index in [1.807, 2.05) is 0 Å². The van der Waals surface area contributed by atoms with Crippen molar-refractivity contribution in [3.8, 4) is 0 Å². The maximum Gasteiger partial charge on any atom is 0.433 e. The Bertz CT molecular complexity index is 800. The summed E-state index contributed by atoms with van der Waals surface area (Å²) in [6.07, 6.45) is -3.15. The van der Waals surface area contributed by atoms with Crippen molar-refractivity contribution in [1.29, 1.82) is 0 Å². The van der Waals surface area contributed by atoms with Gasteiger partial charge >= 0.3 is 6.18 Å². The Kier molecular flexibility index (Phi) is 3.88. The van der Waals surface area contributed by atoms with Gasteiger partial charge in [0, 0.05) is 12.4 Å². The Morgan fingerprint density at radius 1 is 1.00 bits per heavy atom. The Morgan fingerprint density at radius 2 is 1.55 bits per heavy atom. The molecule has 0 atom stereocenters. The molecule has 2 aromatic heterocycles. The number of rotatable bonds is 3. The second-order valence-corrected chi connectivity index (χ2v) is 6.07. The van der Waals surface area contributed by atoms with Gasteiger partial charge in [0.25, 0.3) is 5.91 Å². The minimum atomic E-state index is -4.66. The van der Waals surface area contributed by atoms with E-state index in [-0.39, 0.29) is 10.6 Å². The van der Waals surface area contributed by atoms with Crippen molar-refractivity contribution in [2.24, 2.45) is 5.73 Å². The fraction of sp³-hybridized carbons (Fsp3) is 0.0833. The number of nitrogens with two attached hydrogens (primary N) is 1. The van der Waals surface area contributed by atoms with Crippen molar-refractivity contribution in [3.05, 3.63) is 48.0 Å². The van der Waals surface area contributed by atoms with Gasteiger partial charge in [0.15, 0.2) is 0 Å². The highest BCUT2D eigenvalue weighted by Gasteiger charge is 2.32. The number of nitrogens with zero attached hydrogens (tertiary/aromatic N) is 2. The largest absolute Gasteiger partial charge is 0.433 e. The lowest BCUT2D eigenvalue weighted by Gasteiger charge is -2.07. The fourth-order valence-electron chi connectivity index (χ4n) is 1.53. The van der Waals surface area contributed by atoms with E-state index in [9.17, 15) is 26.4 Å². The lowest BCUT2D eigenvalue weighted by Crippen LogP contribution is -2.13. The van der Waals surface area contributed by atoms with Gasteiger partial charge in [-0.3, -0.25) is 9.78 Å². The molecule has 0 fully saturated rings. The fourth-order valence-corrected chi connectivity index (χ4v) is 2.68. The van der Waals surface area contributed by atoms with Crippen molar-refractivity contribution in [3.63, 3.8) is 0 Å². The second-order valence-electron chi connectivity index (χ2n) is 4.12. The normalized spacial score (nSPS) is 12.1. The van der Waals surface area contributed by atoms with Crippen LogP contribution in [0.3, 0.4) is 0 Å². The molecule has 0 aliphatic carbocycles. The Hall–Kier alpha value is -2.49. The van der Waals surface area contributed by atoms with E-state index in [1.165, 1.54) is 0 Å². The van der Waals surface area contributed by atoms with E-state index in [2.05, 4.69) is 9.97 Å². The smallest absolute Gasteiger partial charge is 0.364 e. The molecule has 6 nitrogen and oxygen atoms in total. The summed E-state index contributed by atoms with van der Waals surface area (Å²) in [6, 6.07) is 3.55. The Morgan fingerprint density at radius 3 is 1.91 bits per heavy atom. The van der Waals surface area contributed by atoms with Crippen LogP contribution in [0.5, 0.6) is 0 Å². The summed E-state index contributed by atoms with van der Waals surface area (Å²) in [7, 11) is -4.09. The maximum atomic E-state index is 12.4. The van der Waals surface area contributed by atoms with Gasteiger partial charge in [-0.05, 0) is 24.3 Å². The van der Waals surface area contributed by atoms with Crippen molar-refractivity contribution in [1.82, 2.24) is 9.97 Å². The van der Waals surface area contributed by atoms with Gasteiger partial charge in [0.2, 0.25) is 9.84 Å². The number of pyridine rings is 2. The number of halogens is 3. The summed E-state index contributed by atoms with van der Waals surface area (Å²) in [4.78, 5) is 16.8. The van der Waals surface area contributed by atoms with Crippen LogP contribution in [0.1, 0.15) is 16.2 Å². The number of sulfone groups is 1. The molecule has 1 amide bonds. The zero-order valence-electron chi connectivity index (χ0n) is 10.7. The third-order valence-electron chi connectivity index (χ3n) is 2.64. The number of alkyl halides is 3. The summed E-state index contributed by atoms with van der Waals surface area (Å²) in [5, 5.41) is 0. The van der Waals surface area contributed by atoms with Crippen LogP contribution in [0.15, 0.2) is 46.5 Å². The SMILES string of the molecule is NC(=O)c1ccc(S(=O)(=O)c2ccc(C(F)(F)F)nc2)cn1. The molecule has 2 N–H and O–H groups in total. The van der Waals surface area contributed by atoms with Crippen LogP contribution < -0.4 is 5.73 Å². The predicted octanol–water partition coefficient (Wildman–Crippen LogP) is 1.43. The van der Waals surface area contributed by atoms with Gasteiger partial charge in [0.1, 0.15) is 11.4 Å². The molecular weight excluding hydrogens is 323 g/mol. The van der Waals surface area contributed by atoms with Crippen LogP contribution in [0.25, 0.3) is 0 Å². The summed E-state index contributed by atoms with van der Waals surface area (Å²) in [6.45, 7) is 0. The number of hydrogen-bond donors (Lipinski definition) is 1. The van der Waals surface area contributed by atoms with Gasteiger partial charge in [-0.1, -0.05) is 0 Å². The van der Waals surface area contributed by atoms with E-state index in [1.54, 1.807) is 0 Å². The molecular formula is C12H8F3N3O3S. The molecule has 0 aliphatic heterocycles. The monoisotopic (exact) mass is 331 g/mol. The zero-order chi connectivity index (χ0) is 16.5. The minimum absolute atomic E-state index is 0.135. The minimum Gasteiger partial charge on any atom is -0.364 e. The molecule has 0 aromatic carbocycles. The first-order chi connectivity index (χ1) is 10.1. The quantitative estimate of drug-likeness (QED) is 0.916. The van der Waals surface area contributed by atoms with Crippen molar-refractivity contribution >= 4 is 15.7 Å². The van der Waals surface area contributed by atoms with Crippen molar-refractivity contribution in [2.45, 2.75) is 16.0 Å². The average molecular weight is 331 g/mol. The molecule has 0 bridgehead atoms. The lowest BCUT2D eigenvalue weighted by atomic mass is 10.3. The number of primary amides is 1. The van der Waals surface area contributed by atoms with Crippen LogP contribution in [-0.4, -0.2) is 24.3 Å². The molecule has 0 saturated carbocycles. The highest BCUT2D eigenvalue weighted by Crippen LogP contribution is 2.28. The van der Waals surface area contributed by atoms with Gasteiger partial charge in [-0.25, -0.2) is 13.4 Å². The average Bonchev–Trinajstić information content (AvgIpc) is 2.46. The Balaban J connectivity index is 2.40. The molecule has 0 saturated heterocycles. The molecule has 10 heteroatoms. The lowest BCUT2D eigenvalue weighted by molar-refractivity contribution is -0.141.